The Kier molecular flexibility index (Phi) is 9.24. The molecule has 11 heteroatoms. The van der Waals surface area contributed by atoms with Crippen LogP contribution in [0.2, 0.25) is 10.0 Å². The van der Waals surface area contributed by atoms with E-state index in [4.69, 9.17) is 41.5 Å². The summed E-state index contributed by atoms with van der Waals surface area (Å²) >= 11 is 13.2. The van der Waals surface area contributed by atoms with Crippen LogP contribution in [0.3, 0.4) is 0 Å². The number of anilines is 1. The first-order chi connectivity index (χ1) is 22.4. The second-order valence-corrected chi connectivity index (χ2v) is 12.2. The molecule has 9 nitrogen and oxygen atoms in total. The SMILES string of the molecule is [2H]C([2H])([2H])n1cc(C(=O)Nc2cc(Cl)c(CC(=O)N3C[C@@H](OC)C[C@H]3COC3CCC(C(=O)OCC)CC3)cc2Cl)c2ccccc21. The molecule has 2 atom stereocenters. The highest BCUT2D eigenvalue weighted by Gasteiger charge is 2.37. The number of carbonyl (C=O) groups is 3. The lowest BCUT2D eigenvalue weighted by Crippen LogP contribution is -2.40. The van der Waals surface area contributed by atoms with Crippen molar-refractivity contribution in [3.8, 4) is 0 Å². The van der Waals surface area contributed by atoms with Gasteiger partial charge in [0, 0.05) is 46.9 Å². The van der Waals surface area contributed by atoms with Gasteiger partial charge >= 0.3 is 5.97 Å². The molecular weight excluding hydrogens is 605 g/mol. The normalized spacial score (nSPS) is 23.2. The van der Waals surface area contributed by atoms with Crippen LogP contribution in [0.1, 0.15) is 59.1 Å². The van der Waals surface area contributed by atoms with Crippen molar-refractivity contribution >= 4 is 57.6 Å². The van der Waals surface area contributed by atoms with Gasteiger partial charge < -0.3 is 29.0 Å². The van der Waals surface area contributed by atoms with Crippen LogP contribution in [0.5, 0.6) is 0 Å². The molecule has 1 N–H and O–H groups in total. The molecule has 236 valence electrons. The number of para-hydroxylation sites is 1. The number of aryl methyl sites for hydroxylation is 1. The van der Waals surface area contributed by atoms with E-state index in [0.717, 1.165) is 30.3 Å². The maximum Gasteiger partial charge on any atom is 0.308 e. The van der Waals surface area contributed by atoms with E-state index in [2.05, 4.69) is 5.32 Å². The lowest BCUT2D eigenvalue weighted by atomic mass is 9.87. The third-order valence-corrected chi connectivity index (χ3v) is 9.20. The van der Waals surface area contributed by atoms with Crippen molar-refractivity contribution in [2.45, 2.75) is 63.7 Å². The molecule has 1 aliphatic carbocycles. The van der Waals surface area contributed by atoms with Crippen LogP contribution in [-0.4, -0.2) is 72.4 Å². The Morgan fingerprint density at radius 2 is 1.84 bits per heavy atom. The summed E-state index contributed by atoms with van der Waals surface area (Å²) in [6.45, 7) is 0.492. The standard InChI is InChI=1S/C33H39Cl2N3O6/c1-4-43-33(41)20-9-11-23(12-10-20)44-19-22-15-24(42-3)17-38(22)31(39)14-21-13-28(35)29(16-27(21)34)36-32(40)26-18-37(2)30-8-6-5-7-25(26)30/h5-8,13,16,18,20,22-24H,4,9-12,14-15,17,19H2,1-3H3,(H,36,40)/t20?,22-,23?,24-/m0/s1/i2D3. The zero-order valence-corrected chi connectivity index (χ0v) is 26.3. The van der Waals surface area contributed by atoms with Crippen molar-refractivity contribution in [1.82, 2.24) is 9.47 Å². The Labute approximate surface area is 271 Å². The molecule has 2 amide bonds. The molecule has 2 fully saturated rings. The minimum atomic E-state index is -2.47. The lowest BCUT2D eigenvalue weighted by Gasteiger charge is -2.30. The lowest BCUT2D eigenvalue weighted by molar-refractivity contribution is -0.150. The number of rotatable bonds is 10. The number of methoxy groups -OCH3 is 1. The first-order valence-corrected chi connectivity index (χ1v) is 15.7. The molecule has 0 radical (unpaired) electrons. The second-order valence-electron chi connectivity index (χ2n) is 11.3. The number of benzene rings is 2. The van der Waals surface area contributed by atoms with Crippen molar-refractivity contribution < 1.29 is 32.7 Å². The molecule has 2 heterocycles. The van der Waals surface area contributed by atoms with Crippen molar-refractivity contribution in [2.75, 3.05) is 32.2 Å². The molecule has 0 bridgehead atoms. The number of halogens is 2. The quantitative estimate of drug-likeness (QED) is 0.270. The van der Waals surface area contributed by atoms with Gasteiger partial charge in [0.25, 0.3) is 5.91 Å². The predicted molar refractivity (Wildman–Crippen MR) is 170 cm³/mol. The number of likely N-dealkylation sites (tertiary alicyclic amines) is 1. The maximum absolute atomic E-state index is 13.6. The van der Waals surface area contributed by atoms with Crippen LogP contribution in [-0.2, 0) is 37.2 Å². The van der Waals surface area contributed by atoms with Crippen molar-refractivity contribution in [3.63, 3.8) is 0 Å². The number of hydrogen-bond acceptors (Lipinski definition) is 6. The van der Waals surface area contributed by atoms with E-state index < -0.39 is 12.9 Å². The highest BCUT2D eigenvalue weighted by Crippen LogP contribution is 2.33. The van der Waals surface area contributed by atoms with Gasteiger partial charge in [-0.1, -0.05) is 41.4 Å². The first kappa shape index (κ1) is 28.4. The zero-order chi connectivity index (χ0) is 33.9. The third-order valence-electron chi connectivity index (χ3n) is 8.53. The summed E-state index contributed by atoms with van der Waals surface area (Å²) in [5.74, 6) is -0.936. The van der Waals surface area contributed by atoms with E-state index in [1.807, 2.05) is 0 Å². The number of fused-ring (bicyclic) bond motifs is 1. The van der Waals surface area contributed by atoms with Crippen LogP contribution < -0.4 is 5.32 Å². The molecule has 0 unspecified atom stereocenters. The van der Waals surface area contributed by atoms with Crippen LogP contribution in [0.15, 0.2) is 42.6 Å². The monoisotopic (exact) mass is 646 g/mol. The van der Waals surface area contributed by atoms with E-state index in [-0.39, 0.29) is 63.8 Å². The largest absolute Gasteiger partial charge is 0.466 e. The maximum atomic E-state index is 13.6. The minimum absolute atomic E-state index is 0.0141. The molecule has 1 saturated heterocycles. The summed E-state index contributed by atoms with van der Waals surface area (Å²) < 4.78 is 41.6. The van der Waals surface area contributed by atoms with E-state index >= 15 is 0 Å². The van der Waals surface area contributed by atoms with Gasteiger partial charge in [-0.05, 0) is 62.8 Å². The number of hydrogen-bond donors (Lipinski definition) is 1. The average molecular weight is 648 g/mol. The van der Waals surface area contributed by atoms with E-state index in [1.54, 1.807) is 49.3 Å². The summed E-state index contributed by atoms with van der Waals surface area (Å²) in [5.41, 5.74) is 1.30. The summed E-state index contributed by atoms with van der Waals surface area (Å²) in [6, 6.07) is 9.61. The molecule has 1 aliphatic heterocycles. The highest BCUT2D eigenvalue weighted by atomic mass is 35.5. The third kappa shape index (κ3) is 7.23. The number of ether oxygens (including phenoxy) is 3. The minimum Gasteiger partial charge on any atom is -0.466 e. The number of amides is 2. The van der Waals surface area contributed by atoms with Gasteiger partial charge in [-0.15, -0.1) is 0 Å². The van der Waals surface area contributed by atoms with Gasteiger partial charge in [-0.25, -0.2) is 0 Å². The number of nitrogens with one attached hydrogen (secondary N) is 1. The molecule has 3 aromatic rings. The topological polar surface area (TPSA) is 99.1 Å². The van der Waals surface area contributed by atoms with Crippen molar-refractivity contribution in [1.29, 1.82) is 0 Å². The molecule has 1 saturated carbocycles. The van der Waals surface area contributed by atoms with Gasteiger partial charge in [0.1, 0.15) is 0 Å². The second kappa shape index (κ2) is 14.3. The van der Waals surface area contributed by atoms with Gasteiger partial charge in [-0.2, -0.15) is 0 Å². The Bertz CT molecular complexity index is 1620. The van der Waals surface area contributed by atoms with Crippen molar-refractivity contribution in [3.05, 3.63) is 63.8 Å². The van der Waals surface area contributed by atoms with Gasteiger partial charge in [0.2, 0.25) is 5.91 Å². The Balaban J connectivity index is 1.23. The Morgan fingerprint density at radius 1 is 1.07 bits per heavy atom. The van der Waals surface area contributed by atoms with E-state index in [0.29, 0.717) is 42.6 Å². The number of aromatic nitrogens is 1. The predicted octanol–water partition coefficient (Wildman–Crippen LogP) is 6.03. The number of carbonyl (C=O) groups excluding carboxylic acids is 3. The average Bonchev–Trinajstić information content (AvgIpc) is 3.65. The summed E-state index contributed by atoms with van der Waals surface area (Å²) in [6.07, 6.45) is 4.77. The fraction of sp³-hybridized carbons (Fsp3) is 0.485. The van der Waals surface area contributed by atoms with Gasteiger partial charge in [0.05, 0.1) is 60.1 Å². The molecule has 1 aromatic heterocycles. The molecule has 44 heavy (non-hydrogen) atoms. The Morgan fingerprint density at radius 3 is 2.57 bits per heavy atom. The molecule has 2 aromatic carbocycles. The van der Waals surface area contributed by atoms with Gasteiger partial charge in [-0.3, -0.25) is 14.4 Å². The van der Waals surface area contributed by atoms with Crippen LogP contribution in [0, 0.1) is 5.92 Å². The Hall–Kier alpha value is -3.11. The van der Waals surface area contributed by atoms with Crippen LogP contribution in [0.25, 0.3) is 10.9 Å². The fourth-order valence-electron chi connectivity index (χ4n) is 6.11. The summed E-state index contributed by atoms with van der Waals surface area (Å²) in [4.78, 5) is 40.7. The number of esters is 1. The number of nitrogens with zero attached hydrogens (tertiary/aromatic N) is 2. The van der Waals surface area contributed by atoms with Crippen LogP contribution >= 0.6 is 23.2 Å². The van der Waals surface area contributed by atoms with E-state index in [1.165, 1.54) is 12.3 Å². The zero-order valence-electron chi connectivity index (χ0n) is 27.8. The summed E-state index contributed by atoms with van der Waals surface area (Å²) in [7, 11) is 1.62. The van der Waals surface area contributed by atoms with Crippen LogP contribution in [0.4, 0.5) is 5.69 Å². The highest BCUT2D eigenvalue weighted by molar-refractivity contribution is 6.36. The fourth-order valence-corrected chi connectivity index (χ4v) is 6.58. The summed E-state index contributed by atoms with van der Waals surface area (Å²) in [5, 5.41) is 3.64. The molecule has 0 spiro atoms. The molecular formula is C33H39Cl2N3O6. The van der Waals surface area contributed by atoms with E-state index in [9.17, 15) is 14.4 Å². The van der Waals surface area contributed by atoms with Crippen molar-refractivity contribution in [2.24, 2.45) is 12.9 Å². The van der Waals surface area contributed by atoms with Gasteiger partial charge in [0.15, 0.2) is 0 Å². The smallest absolute Gasteiger partial charge is 0.308 e. The first-order valence-electron chi connectivity index (χ1n) is 16.4. The molecule has 2 aliphatic rings. The molecule has 5 rings (SSSR count).